The van der Waals surface area contributed by atoms with Gasteiger partial charge in [0.2, 0.25) is 0 Å². The maximum Gasteiger partial charge on any atom is 0.123 e. The first kappa shape index (κ1) is 11.8. The van der Waals surface area contributed by atoms with Gasteiger partial charge in [-0.2, -0.15) is 11.8 Å². The molecule has 0 amide bonds. The van der Waals surface area contributed by atoms with Crippen molar-refractivity contribution in [3.05, 3.63) is 29.8 Å². The van der Waals surface area contributed by atoms with Gasteiger partial charge < -0.3 is 9.57 Å². The maximum atomic E-state index is 5.99. The molecular weight excluding hydrogens is 222 g/mol. The molecule has 1 aliphatic rings. The van der Waals surface area contributed by atoms with E-state index in [1.807, 2.05) is 30.0 Å². The summed E-state index contributed by atoms with van der Waals surface area (Å²) in [4.78, 5) is 4.61. The number of ether oxygens (including phenoxy) is 1. The maximum absolute atomic E-state index is 5.99. The molecule has 1 saturated heterocycles. The lowest BCUT2D eigenvalue weighted by atomic mass is 10.1. The highest BCUT2D eigenvalue weighted by Crippen LogP contribution is 2.25. The van der Waals surface area contributed by atoms with Gasteiger partial charge in [0.15, 0.2) is 0 Å². The summed E-state index contributed by atoms with van der Waals surface area (Å²) in [5, 5.41) is 0. The predicted molar refractivity (Wildman–Crippen MR) is 66.6 cm³/mol. The van der Waals surface area contributed by atoms with Gasteiger partial charge in [-0.15, -0.1) is 0 Å². The van der Waals surface area contributed by atoms with Crippen molar-refractivity contribution in [2.24, 2.45) is 5.90 Å². The van der Waals surface area contributed by atoms with Crippen molar-refractivity contribution in [1.29, 1.82) is 0 Å². The van der Waals surface area contributed by atoms with Crippen LogP contribution in [-0.2, 0) is 11.3 Å². The van der Waals surface area contributed by atoms with Crippen LogP contribution in [0.2, 0.25) is 0 Å². The fourth-order valence-corrected chi connectivity index (χ4v) is 2.87. The Morgan fingerprint density at radius 3 is 3.00 bits per heavy atom. The summed E-state index contributed by atoms with van der Waals surface area (Å²) in [6.07, 6.45) is 2.31. The molecular formula is C12H17NO2S. The van der Waals surface area contributed by atoms with Crippen molar-refractivity contribution in [2.45, 2.75) is 18.9 Å². The normalized spacial score (nSPS) is 19.9. The molecule has 1 aliphatic heterocycles. The van der Waals surface area contributed by atoms with E-state index in [2.05, 4.69) is 10.9 Å². The molecule has 1 heterocycles. The summed E-state index contributed by atoms with van der Waals surface area (Å²) in [7, 11) is 0. The Morgan fingerprint density at radius 1 is 1.38 bits per heavy atom. The summed E-state index contributed by atoms with van der Waals surface area (Å²) >= 11 is 1.96. The van der Waals surface area contributed by atoms with Crippen LogP contribution in [0.5, 0.6) is 5.75 Å². The lowest BCUT2D eigenvalue weighted by molar-refractivity contribution is 0.140. The van der Waals surface area contributed by atoms with Crippen LogP contribution in [-0.4, -0.2) is 24.2 Å². The van der Waals surface area contributed by atoms with Crippen molar-refractivity contribution in [3.63, 3.8) is 0 Å². The molecule has 0 bridgehead atoms. The van der Waals surface area contributed by atoms with Gasteiger partial charge in [0, 0.05) is 12.2 Å². The molecule has 1 fully saturated rings. The van der Waals surface area contributed by atoms with Gasteiger partial charge >= 0.3 is 0 Å². The van der Waals surface area contributed by atoms with Crippen molar-refractivity contribution < 1.29 is 9.57 Å². The van der Waals surface area contributed by atoms with Crippen LogP contribution < -0.4 is 10.6 Å². The van der Waals surface area contributed by atoms with E-state index in [0.717, 1.165) is 24.3 Å². The van der Waals surface area contributed by atoms with E-state index in [1.54, 1.807) is 0 Å². The number of para-hydroxylation sites is 1. The van der Waals surface area contributed by atoms with Gasteiger partial charge in [-0.05, 0) is 23.8 Å². The van der Waals surface area contributed by atoms with Crippen LogP contribution in [0.15, 0.2) is 24.3 Å². The lowest BCUT2D eigenvalue weighted by Gasteiger charge is -2.15. The molecule has 1 atom stereocenters. The molecule has 2 rings (SSSR count). The number of thioether (sulfide) groups is 1. The zero-order chi connectivity index (χ0) is 11.2. The summed E-state index contributed by atoms with van der Waals surface area (Å²) in [5.74, 6) is 8.33. The number of nitrogens with two attached hydrogens (primary N) is 1. The molecule has 0 spiro atoms. The van der Waals surface area contributed by atoms with Crippen molar-refractivity contribution in [2.75, 3.05) is 18.1 Å². The predicted octanol–water partition coefficient (Wildman–Crippen LogP) is 2.00. The number of hydrogen-bond acceptors (Lipinski definition) is 4. The Labute approximate surface area is 100 Å². The summed E-state index contributed by atoms with van der Waals surface area (Å²) in [6, 6.07) is 8.11. The van der Waals surface area contributed by atoms with E-state index < -0.39 is 0 Å². The lowest BCUT2D eigenvalue weighted by Crippen LogP contribution is -2.16. The fourth-order valence-electron chi connectivity index (χ4n) is 1.78. The number of rotatable bonds is 5. The smallest absolute Gasteiger partial charge is 0.123 e. The van der Waals surface area contributed by atoms with Gasteiger partial charge in [0.05, 0.1) is 6.61 Å². The second-order valence-electron chi connectivity index (χ2n) is 3.83. The standard InChI is InChI=1S/C12H17NO2S/c13-14-7-5-10-3-1-2-4-12(10)15-11-6-8-16-9-11/h1-4,11H,5-9,13H2. The molecule has 0 aromatic heterocycles. The van der Waals surface area contributed by atoms with Crippen molar-refractivity contribution in [3.8, 4) is 5.75 Å². The van der Waals surface area contributed by atoms with Crippen LogP contribution in [0.25, 0.3) is 0 Å². The molecule has 1 unspecified atom stereocenters. The molecule has 0 aliphatic carbocycles. The Kier molecular flexibility index (Phi) is 4.51. The monoisotopic (exact) mass is 239 g/mol. The van der Waals surface area contributed by atoms with E-state index in [-0.39, 0.29) is 0 Å². The van der Waals surface area contributed by atoms with Crippen LogP contribution in [0.1, 0.15) is 12.0 Å². The number of benzene rings is 1. The number of hydrogen-bond donors (Lipinski definition) is 1. The summed E-state index contributed by atoms with van der Waals surface area (Å²) in [6.45, 7) is 0.528. The van der Waals surface area contributed by atoms with E-state index in [0.29, 0.717) is 12.7 Å². The van der Waals surface area contributed by atoms with Crippen LogP contribution >= 0.6 is 11.8 Å². The van der Waals surface area contributed by atoms with E-state index in [4.69, 9.17) is 10.6 Å². The molecule has 16 heavy (non-hydrogen) atoms. The average Bonchev–Trinajstić information content (AvgIpc) is 2.81. The second-order valence-corrected chi connectivity index (χ2v) is 4.98. The zero-order valence-electron chi connectivity index (χ0n) is 9.22. The van der Waals surface area contributed by atoms with Gasteiger partial charge in [-0.25, -0.2) is 5.90 Å². The Balaban J connectivity index is 2.00. The molecule has 1 aromatic carbocycles. The average molecular weight is 239 g/mol. The third-order valence-corrected chi connectivity index (χ3v) is 3.78. The minimum absolute atomic E-state index is 0.366. The zero-order valence-corrected chi connectivity index (χ0v) is 10.0. The molecule has 0 saturated carbocycles. The van der Waals surface area contributed by atoms with Crippen molar-refractivity contribution >= 4 is 11.8 Å². The molecule has 3 nitrogen and oxygen atoms in total. The third-order valence-electron chi connectivity index (χ3n) is 2.64. The summed E-state index contributed by atoms with van der Waals surface area (Å²) < 4.78 is 5.99. The quantitative estimate of drug-likeness (QED) is 0.798. The van der Waals surface area contributed by atoms with Gasteiger partial charge in [-0.1, -0.05) is 18.2 Å². The van der Waals surface area contributed by atoms with Gasteiger partial charge in [0.1, 0.15) is 11.9 Å². The van der Waals surface area contributed by atoms with Crippen LogP contribution in [0, 0.1) is 0 Å². The van der Waals surface area contributed by atoms with Gasteiger partial charge in [0.25, 0.3) is 0 Å². The van der Waals surface area contributed by atoms with Crippen LogP contribution in [0.3, 0.4) is 0 Å². The first-order valence-corrected chi connectivity index (χ1v) is 6.69. The highest BCUT2D eigenvalue weighted by atomic mass is 32.2. The second kappa shape index (κ2) is 6.13. The SMILES string of the molecule is NOCCc1ccccc1OC1CCSC1. The molecule has 88 valence electrons. The fraction of sp³-hybridized carbons (Fsp3) is 0.500. The largest absolute Gasteiger partial charge is 0.489 e. The molecule has 0 radical (unpaired) electrons. The van der Waals surface area contributed by atoms with Crippen molar-refractivity contribution in [1.82, 2.24) is 0 Å². The Hall–Kier alpha value is -0.710. The summed E-state index contributed by atoms with van der Waals surface area (Å²) in [5.41, 5.74) is 1.17. The Bertz CT molecular complexity index is 327. The van der Waals surface area contributed by atoms with E-state index in [1.165, 1.54) is 11.3 Å². The molecule has 4 heteroatoms. The third kappa shape index (κ3) is 3.14. The van der Waals surface area contributed by atoms with Gasteiger partial charge in [-0.3, -0.25) is 0 Å². The molecule has 1 aromatic rings. The van der Waals surface area contributed by atoms with E-state index >= 15 is 0 Å². The Morgan fingerprint density at radius 2 is 2.25 bits per heavy atom. The van der Waals surface area contributed by atoms with Crippen LogP contribution in [0.4, 0.5) is 0 Å². The molecule has 2 N–H and O–H groups in total. The highest BCUT2D eigenvalue weighted by molar-refractivity contribution is 7.99. The highest BCUT2D eigenvalue weighted by Gasteiger charge is 2.17. The first-order valence-electron chi connectivity index (χ1n) is 5.54. The minimum atomic E-state index is 0.366. The minimum Gasteiger partial charge on any atom is -0.489 e. The van der Waals surface area contributed by atoms with E-state index in [9.17, 15) is 0 Å². The topological polar surface area (TPSA) is 44.5 Å². The first-order chi connectivity index (χ1) is 7.90.